The average Bonchev–Trinajstić information content (AvgIpc) is 2.23. The van der Waals surface area contributed by atoms with E-state index in [0.29, 0.717) is 25.0 Å². The summed E-state index contributed by atoms with van der Waals surface area (Å²) in [6.45, 7) is 8.92. The molecule has 0 fully saturated rings. The van der Waals surface area contributed by atoms with Crippen molar-refractivity contribution >= 4 is 5.95 Å². The number of aromatic nitrogens is 2. The van der Waals surface area contributed by atoms with Gasteiger partial charge >= 0.3 is 0 Å². The molecule has 0 radical (unpaired) electrons. The van der Waals surface area contributed by atoms with Crippen molar-refractivity contribution in [2.45, 2.75) is 20.3 Å². The van der Waals surface area contributed by atoms with Gasteiger partial charge in [-0.3, -0.25) is 0 Å². The monoisotopic (exact) mass is 207 g/mol. The summed E-state index contributed by atoms with van der Waals surface area (Å²) in [7, 11) is 0. The van der Waals surface area contributed by atoms with Gasteiger partial charge in [0.1, 0.15) is 0 Å². The normalized spacial score (nSPS) is 9.73. The average molecular weight is 207 g/mol. The first-order chi connectivity index (χ1) is 7.26. The molecule has 1 heterocycles. The van der Waals surface area contributed by atoms with Gasteiger partial charge in [-0.2, -0.15) is 4.98 Å². The predicted molar refractivity (Wildman–Crippen MR) is 61.2 cm³/mol. The molecule has 0 aliphatic carbocycles. The van der Waals surface area contributed by atoms with Gasteiger partial charge < -0.3 is 10.1 Å². The highest BCUT2D eigenvalue weighted by molar-refractivity contribution is 5.31. The molecular weight excluding hydrogens is 190 g/mol. The first kappa shape index (κ1) is 11.5. The number of hydrogen-bond donors (Lipinski definition) is 1. The minimum absolute atomic E-state index is 0.584. The van der Waals surface area contributed by atoms with E-state index >= 15 is 0 Å². The molecule has 0 spiro atoms. The molecule has 82 valence electrons. The maximum Gasteiger partial charge on any atom is 0.226 e. The van der Waals surface area contributed by atoms with Gasteiger partial charge in [-0.15, -0.1) is 6.58 Å². The van der Waals surface area contributed by atoms with Gasteiger partial charge in [0, 0.05) is 18.3 Å². The Labute approximate surface area is 90.4 Å². The number of nitrogens with one attached hydrogen (secondary N) is 1. The minimum atomic E-state index is 0.584. The predicted octanol–water partition coefficient (Wildman–Crippen LogP) is 2.17. The molecule has 0 aliphatic rings. The van der Waals surface area contributed by atoms with Gasteiger partial charge in [0.05, 0.1) is 6.61 Å². The molecular formula is C11H17N3O. The number of nitrogens with zero attached hydrogens (tertiary/aromatic N) is 2. The SMILES string of the molecule is C=CCNc1nc(C)cc(OCCC)n1. The van der Waals surface area contributed by atoms with Crippen LogP contribution in [-0.2, 0) is 0 Å². The van der Waals surface area contributed by atoms with E-state index in [1.807, 2.05) is 13.0 Å². The molecule has 1 aromatic heterocycles. The van der Waals surface area contributed by atoms with Crippen LogP contribution in [0.2, 0.25) is 0 Å². The lowest BCUT2D eigenvalue weighted by Crippen LogP contribution is -2.06. The van der Waals surface area contributed by atoms with Crippen LogP contribution < -0.4 is 10.1 Å². The molecule has 1 aromatic rings. The molecule has 15 heavy (non-hydrogen) atoms. The fraction of sp³-hybridized carbons (Fsp3) is 0.455. The summed E-state index contributed by atoms with van der Waals surface area (Å²) in [4.78, 5) is 8.45. The third-order valence-corrected chi connectivity index (χ3v) is 1.69. The molecule has 0 aromatic carbocycles. The third kappa shape index (κ3) is 3.97. The number of anilines is 1. The largest absolute Gasteiger partial charge is 0.478 e. The Bertz CT molecular complexity index is 326. The van der Waals surface area contributed by atoms with E-state index in [2.05, 4.69) is 28.8 Å². The van der Waals surface area contributed by atoms with Crippen LogP contribution in [0.4, 0.5) is 5.95 Å². The van der Waals surface area contributed by atoms with Crippen molar-refractivity contribution in [1.29, 1.82) is 0 Å². The molecule has 0 saturated carbocycles. The molecule has 1 N–H and O–H groups in total. The van der Waals surface area contributed by atoms with Crippen molar-refractivity contribution in [3.63, 3.8) is 0 Å². The van der Waals surface area contributed by atoms with Gasteiger partial charge in [0.25, 0.3) is 0 Å². The van der Waals surface area contributed by atoms with E-state index in [0.717, 1.165) is 12.1 Å². The lowest BCUT2D eigenvalue weighted by Gasteiger charge is -2.07. The van der Waals surface area contributed by atoms with E-state index in [4.69, 9.17) is 4.74 Å². The summed E-state index contributed by atoms with van der Waals surface area (Å²) >= 11 is 0. The minimum Gasteiger partial charge on any atom is -0.478 e. The second kappa shape index (κ2) is 6.01. The Morgan fingerprint density at radius 1 is 1.53 bits per heavy atom. The fourth-order valence-corrected chi connectivity index (χ4v) is 1.06. The van der Waals surface area contributed by atoms with E-state index in [-0.39, 0.29) is 0 Å². The quantitative estimate of drug-likeness (QED) is 0.726. The molecule has 0 atom stereocenters. The summed E-state index contributed by atoms with van der Waals surface area (Å²) in [5.41, 5.74) is 0.891. The van der Waals surface area contributed by atoms with Gasteiger partial charge in [0.15, 0.2) is 0 Å². The molecule has 4 nitrogen and oxygen atoms in total. The summed E-state index contributed by atoms with van der Waals surface area (Å²) in [5, 5.41) is 3.03. The fourth-order valence-electron chi connectivity index (χ4n) is 1.06. The first-order valence-electron chi connectivity index (χ1n) is 5.09. The molecule has 0 bridgehead atoms. The van der Waals surface area contributed by atoms with Crippen LogP contribution in [0.1, 0.15) is 19.0 Å². The zero-order valence-electron chi connectivity index (χ0n) is 9.29. The lowest BCUT2D eigenvalue weighted by molar-refractivity contribution is 0.305. The van der Waals surface area contributed by atoms with E-state index < -0.39 is 0 Å². The maximum absolute atomic E-state index is 5.44. The van der Waals surface area contributed by atoms with Crippen molar-refractivity contribution in [2.24, 2.45) is 0 Å². The summed E-state index contributed by atoms with van der Waals surface area (Å²) in [6.07, 6.45) is 2.73. The number of ether oxygens (including phenoxy) is 1. The van der Waals surface area contributed by atoms with Crippen molar-refractivity contribution in [2.75, 3.05) is 18.5 Å². The topological polar surface area (TPSA) is 47.0 Å². The van der Waals surface area contributed by atoms with Gasteiger partial charge in [-0.25, -0.2) is 4.98 Å². The second-order valence-electron chi connectivity index (χ2n) is 3.19. The Hall–Kier alpha value is -1.58. The van der Waals surface area contributed by atoms with Gasteiger partial charge in [-0.05, 0) is 13.3 Å². The van der Waals surface area contributed by atoms with Gasteiger partial charge in [-0.1, -0.05) is 13.0 Å². The molecule has 1 rings (SSSR count). The van der Waals surface area contributed by atoms with Crippen LogP contribution in [0.25, 0.3) is 0 Å². The Morgan fingerprint density at radius 3 is 3.00 bits per heavy atom. The van der Waals surface area contributed by atoms with Crippen LogP contribution >= 0.6 is 0 Å². The van der Waals surface area contributed by atoms with Crippen LogP contribution in [-0.4, -0.2) is 23.1 Å². The zero-order chi connectivity index (χ0) is 11.1. The highest BCUT2D eigenvalue weighted by Gasteiger charge is 2.01. The summed E-state index contributed by atoms with van der Waals surface area (Å²) in [6, 6.07) is 1.83. The second-order valence-corrected chi connectivity index (χ2v) is 3.19. The number of rotatable bonds is 6. The highest BCUT2D eigenvalue weighted by atomic mass is 16.5. The molecule has 0 amide bonds. The van der Waals surface area contributed by atoms with Crippen LogP contribution in [0, 0.1) is 6.92 Å². The van der Waals surface area contributed by atoms with E-state index in [1.165, 1.54) is 0 Å². The van der Waals surface area contributed by atoms with Crippen molar-refractivity contribution in [3.05, 3.63) is 24.4 Å². The lowest BCUT2D eigenvalue weighted by atomic mass is 10.4. The van der Waals surface area contributed by atoms with E-state index in [9.17, 15) is 0 Å². The first-order valence-corrected chi connectivity index (χ1v) is 5.09. The maximum atomic E-state index is 5.44. The van der Waals surface area contributed by atoms with Crippen molar-refractivity contribution < 1.29 is 4.74 Å². The smallest absolute Gasteiger partial charge is 0.226 e. The van der Waals surface area contributed by atoms with Crippen LogP contribution in [0.3, 0.4) is 0 Å². The molecule has 0 saturated heterocycles. The standard InChI is InChI=1S/C11H17N3O/c1-4-6-12-11-13-9(3)8-10(14-11)15-7-5-2/h4,8H,1,5-7H2,2-3H3,(H,12,13,14). The Kier molecular flexibility index (Phi) is 4.60. The zero-order valence-corrected chi connectivity index (χ0v) is 9.29. The third-order valence-electron chi connectivity index (χ3n) is 1.69. The number of aryl methyl sites for hydroxylation is 1. The molecule has 0 unspecified atom stereocenters. The van der Waals surface area contributed by atoms with Crippen LogP contribution in [0.15, 0.2) is 18.7 Å². The van der Waals surface area contributed by atoms with Crippen molar-refractivity contribution in [1.82, 2.24) is 9.97 Å². The molecule has 0 aliphatic heterocycles. The summed E-state index contributed by atoms with van der Waals surface area (Å²) in [5.74, 6) is 1.21. The summed E-state index contributed by atoms with van der Waals surface area (Å²) < 4.78 is 5.44. The number of hydrogen-bond acceptors (Lipinski definition) is 4. The molecule has 4 heteroatoms. The van der Waals surface area contributed by atoms with Crippen LogP contribution in [0.5, 0.6) is 5.88 Å². The highest BCUT2D eigenvalue weighted by Crippen LogP contribution is 2.11. The van der Waals surface area contributed by atoms with E-state index in [1.54, 1.807) is 6.08 Å². The Morgan fingerprint density at radius 2 is 2.33 bits per heavy atom. The van der Waals surface area contributed by atoms with Gasteiger partial charge in [0.2, 0.25) is 11.8 Å². The van der Waals surface area contributed by atoms with Crippen molar-refractivity contribution in [3.8, 4) is 5.88 Å². The Balaban J connectivity index is 2.70.